The van der Waals surface area contributed by atoms with Crippen molar-refractivity contribution in [1.29, 1.82) is 0 Å². The molecule has 0 spiro atoms. The van der Waals surface area contributed by atoms with Crippen LogP contribution in [-0.4, -0.2) is 29.5 Å². The second kappa shape index (κ2) is 12.0. The van der Waals surface area contributed by atoms with E-state index in [2.05, 4.69) is 14.2 Å². The van der Waals surface area contributed by atoms with Crippen molar-refractivity contribution in [2.24, 2.45) is 0 Å². The molecule has 0 radical (unpaired) electrons. The minimum atomic E-state index is -5.00. The van der Waals surface area contributed by atoms with Crippen LogP contribution in [0.3, 0.4) is 0 Å². The zero-order valence-corrected chi connectivity index (χ0v) is 24.1. The summed E-state index contributed by atoms with van der Waals surface area (Å²) in [4.78, 5) is -0.276. The average molecular weight is 663 g/mol. The SMILES string of the molecule is CSc1ccc(-c2ccc(NS(=O)(=O)c3ccc(OC(F)(F)F)cc3)c(NS(=O)(=O)c3cccc(C(F)(F)F)c3)c2)cc1. The number of rotatable bonds is 9. The molecule has 0 amide bonds. The highest BCUT2D eigenvalue weighted by atomic mass is 32.2. The maximum Gasteiger partial charge on any atom is 0.573 e. The van der Waals surface area contributed by atoms with Crippen molar-refractivity contribution < 1.29 is 47.9 Å². The van der Waals surface area contributed by atoms with Crippen LogP contribution in [0.25, 0.3) is 11.1 Å². The van der Waals surface area contributed by atoms with E-state index in [1.807, 2.05) is 6.26 Å². The number of hydrogen-bond acceptors (Lipinski definition) is 6. The molecule has 0 aliphatic rings. The number of halogens is 6. The molecular weight excluding hydrogens is 642 g/mol. The van der Waals surface area contributed by atoms with Crippen LogP contribution in [0.15, 0.2) is 106 Å². The molecule has 0 heterocycles. The predicted molar refractivity (Wildman–Crippen MR) is 150 cm³/mol. The lowest BCUT2D eigenvalue weighted by atomic mass is 10.0. The van der Waals surface area contributed by atoms with Gasteiger partial charge in [-0.3, -0.25) is 9.44 Å². The molecule has 0 aliphatic carbocycles. The molecule has 0 aromatic heterocycles. The number of thioether (sulfide) groups is 1. The van der Waals surface area contributed by atoms with Crippen LogP contribution in [0.1, 0.15) is 5.56 Å². The Morgan fingerprint density at radius 1 is 0.651 bits per heavy atom. The minimum absolute atomic E-state index is 0.310. The topological polar surface area (TPSA) is 102 Å². The Labute approximate surface area is 247 Å². The Morgan fingerprint density at radius 2 is 1.23 bits per heavy atom. The van der Waals surface area contributed by atoms with E-state index < -0.39 is 53.7 Å². The van der Waals surface area contributed by atoms with E-state index in [1.165, 1.54) is 30.0 Å². The van der Waals surface area contributed by atoms with Crippen LogP contribution in [0.4, 0.5) is 37.7 Å². The van der Waals surface area contributed by atoms with Gasteiger partial charge in [0.15, 0.2) is 0 Å². The molecule has 228 valence electrons. The normalized spacial score (nSPS) is 12.5. The monoisotopic (exact) mass is 662 g/mol. The lowest BCUT2D eigenvalue weighted by Gasteiger charge is -2.17. The first-order valence-corrected chi connectivity index (χ1v) is 16.0. The van der Waals surface area contributed by atoms with Gasteiger partial charge in [0.05, 0.1) is 26.7 Å². The number of ether oxygens (including phenoxy) is 1. The van der Waals surface area contributed by atoms with Crippen LogP contribution in [-0.2, 0) is 26.2 Å². The van der Waals surface area contributed by atoms with E-state index in [0.29, 0.717) is 23.3 Å². The molecule has 2 N–H and O–H groups in total. The molecule has 43 heavy (non-hydrogen) atoms. The Balaban J connectivity index is 1.74. The quantitative estimate of drug-likeness (QED) is 0.142. The number of sulfonamides is 2. The van der Waals surface area contributed by atoms with Crippen LogP contribution < -0.4 is 14.2 Å². The summed E-state index contributed by atoms with van der Waals surface area (Å²) >= 11 is 1.48. The van der Waals surface area contributed by atoms with Crippen molar-refractivity contribution in [3.8, 4) is 16.9 Å². The molecule has 0 unspecified atom stereocenters. The molecule has 0 saturated carbocycles. The van der Waals surface area contributed by atoms with E-state index >= 15 is 0 Å². The highest BCUT2D eigenvalue weighted by molar-refractivity contribution is 7.98. The fraction of sp³-hybridized carbons (Fsp3) is 0.111. The molecule has 0 bridgehead atoms. The highest BCUT2D eigenvalue weighted by Gasteiger charge is 2.32. The molecule has 0 saturated heterocycles. The van der Waals surface area contributed by atoms with Gasteiger partial charge in [0.2, 0.25) is 0 Å². The number of nitrogens with one attached hydrogen (secondary N) is 2. The van der Waals surface area contributed by atoms with Gasteiger partial charge in [-0.2, -0.15) is 13.2 Å². The van der Waals surface area contributed by atoms with Crippen molar-refractivity contribution in [2.45, 2.75) is 27.2 Å². The number of alkyl halides is 6. The first kappa shape index (κ1) is 32.0. The van der Waals surface area contributed by atoms with Gasteiger partial charge in [-0.05, 0) is 84.1 Å². The molecule has 0 aliphatic heterocycles. The molecule has 7 nitrogen and oxygen atoms in total. The maximum atomic E-state index is 13.2. The Kier molecular flexibility index (Phi) is 8.95. The van der Waals surface area contributed by atoms with E-state index in [-0.39, 0.29) is 11.4 Å². The van der Waals surface area contributed by atoms with Crippen molar-refractivity contribution in [2.75, 3.05) is 15.7 Å². The third-order valence-corrected chi connectivity index (χ3v) is 9.26. The summed E-state index contributed by atoms with van der Waals surface area (Å²) in [6.45, 7) is 0. The molecule has 4 rings (SSSR count). The van der Waals surface area contributed by atoms with Crippen molar-refractivity contribution in [3.63, 3.8) is 0 Å². The molecule has 4 aromatic carbocycles. The first-order chi connectivity index (χ1) is 20.0. The third kappa shape index (κ3) is 8.14. The fourth-order valence-corrected chi connectivity index (χ4v) is 6.35. The van der Waals surface area contributed by atoms with Crippen LogP contribution >= 0.6 is 11.8 Å². The van der Waals surface area contributed by atoms with Crippen molar-refractivity contribution in [1.82, 2.24) is 0 Å². The molecule has 16 heteroatoms. The van der Waals surface area contributed by atoms with Gasteiger partial charge in [0.25, 0.3) is 20.0 Å². The van der Waals surface area contributed by atoms with Gasteiger partial charge in [-0.1, -0.05) is 24.3 Å². The summed E-state index contributed by atoms with van der Waals surface area (Å²) in [6, 6.07) is 17.3. The molecule has 4 aromatic rings. The van der Waals surface area contributed by atoms with Gasteiger partial charge in [-0.25, -0.2) is 16.8 Å². The van der Waals surface area contributed by atoms with E-state index in [4.69, 9.17) is 0 Å². The van der Waals surface area contributed by atoms with Gasteiger partial charge >= 0.3 is 12.5 Å². The summed E-state index contributed by atoms with van der Waals surface area (Å²) in [5, 5.41) is 0. The van der Waals surface area contributed by atoms with E-state index in [0.717, 1.165) is 41.3 Å². The first-order valence-electron chi connectivity index (χ1n) is 11.8. The lowest BCUT2D eigenvalue weighted by Crippen LogP contribution is -2.19. The van der Waals surface area contributed by atoms with Crippen LogP contribution in [0, 0.1) is 0 Å². The lowest BCUT2D eigenvalue weighted by molar-refractivity contribution is -0.274. The van der Waals surface area contributed by atoms with Crippen LogP contribution in [0.5, 0.6) is 5.75 Å². The van der Waals surface area contributed by atoms with E-state index in [9.17, 15) is 43.2 Å². The predicted octanol–water partition coefficient (Wildman–Crippen LogP) is 7.59. The summed E-state index contributed by atoms with van der Waals surface area (Å²) in [5.74, 6) is -0.669. The van der Waals surface area contributed by atoms with E-state index in [1.54, 1.807) is 24.3 Å². The highest BCUT2D eigenvalue weighted by Crippen LogP contribution is 2.35. The number of anilines is 2. The van der Waals surface area contributed by atoms with Crippen LogP contribution in [0.2, 0.25) is 0 Å². The molecule has 0 atom stereocenters. The van der Waals surface area contributed by atoms with Crippen molar-refractivity contribution in [3.05, 3.63) is 96.6 Å². The number of benzene rings is 4. The molecule has 0 fully saturated rings. The zero-order valence-electron chi connectivity index (χ0n) is 21.7. The Morgan fingerprint density at radius 3 is 1.81 bits per heavy atom. The summed E-state index contributed by atoms with van der Waals surface area (Å²) in [6.07, 6.45) is -7.95. The zero-order chi connectivity index (χ0) is 31.6. The second-order valence-corrected chi connectivity index (χ2v) is 13.0. The van der Waals surface area contributed by atoms with Gasteiger partial charge in [0, 0.05) is 4.90 Å². The smallest absolute Gasteiger partial charge is 0.406 e. The molecular formula is C27H20F6N2O5S3. The standard InChI is InChI=1S/C27H20F6N2O5S3/c1-41-21-10-5-17(6-11-21)18-7-14-24(34-42(36,37)22-12-8-20(9-13-22)40-27(31,32)33)25(15-18)35-43(38,39)23-4-2-3-19(16-23)26(28,29)30/h2-16,34-35H,1H3. The Hall–Kier alpha value is -3.89. The summed E-state index contributed by atoms with van der Waals surface area (Å²) in [5.41, 5.74) is -0.796. The van der Waals surface area contributed by atoms with Crippen molar-refractivity contribution >= 4 is 43.2 Å². The Bertz CT molecular complexity index is 1830. The van der Waals surface area contributed by atoms with Gasteiger partial charge in [-0.15, -0.1) is 24.9 Å². The minimum Gasteiger partial charge on any atom is -0.406 e. The fourth-order valence-electron chi connectivity index (χ4n) is 3.75. The van der Waals surface area contributed by atoms with Gasteiger partial charge < -0.3 is 4.74 Å². The number of hydrogen-bond donors (Lipinski definition) is 2. The maximum absolute atomic E-state index is 13.2. The third-order valence-electron chi connectivity index (χ3n) is 5.77. The largest absolute Gasteiger partial charge is 0.573 e. The average Bonchev–Trinajstić information content (AvgIpc) is 2.93. The second-order valence-electron chi connectivity index (χ2n) is 8.74. The van der Waals surface area contributed by atoms with Gasteiger partial charge in [0.1, 0.15) is 5.75 Å². The summed E-state index contributed by atoms with van der Waals surface area (Å²) < 4.78 is 138. The summed E-state index contributed by atoms with van der Waals surface area (Å²) in [7, 11) is -9.18.